The molecule has 0 fully saturated rings. The van der Waals surface area contributed by atoms with Gasteiger partial charge < -0.3 is 4.74 Å². The van der Waals surface area contributed by atoms with Crippen molar-refractivity contribution in [3.05, 3.63) is 23.4 Å². The molecule has 0 radical (unpaired) electrons. The number of hydrogen-bond acceptors (Lipinski definition) is 3. The molecule has 0 bridgehead atoms. The number of anilines is 1. The van der Waals surface area contributed by atoms with Crippen LogP contribution in [-0.4, -0.2) is 18.2 Å². The average Bonchev–Trinajstić information content (AvgIpc) is 2.04. The highest BCUT2D eigenvalue weighted by atomic mass is 35.5. The Hall–Kier alpha value is -1.29. The van der Waals surface area contributed by atoms with Gasteiger partial charge in [-0.3, -0.25) is 5.32 Å². The quantitative estimate of drug-likeness (QED) is 0.682. The number of methoxy groups -OCH3 is 1. The van der Waals surface area contributed by atoms with Crippen LogP contribution in [0, 0.1) is 0 Å². The van der Waals surface area contributed by atoms with Gasteiger partial charge in [-0.05, 0) is 12.1 Å². The number of carbonyl (C=O) groups is 1. The lowest BCUT2D eigenvalue weighted by molar-refractivity contribution is 0.187. The van der Waals surface area contributed by atoms with Crippen LogP contribution in [0.4, 0.5) is 10.6 Å². The van der Waals surface area contributed by atoms with E-state index in [1.54, 1.807) is 18.2 Å². The number of halogens is 1. The summed E-state index contributed by atoms with van der Waals surface area (Å²) >= 11 is 5.57. The molecule has 12 heavy (non-hydrogen) atoms. The van der Waals surface area contributed by atoms with Crippen LogP contribution in [0.15, 0.2) is 18.2 Å². The molecule has 0 aromatic carbocycles. The molecule has 64 valence electrons. The van der Waals surface area contributed by atoms with Crippen molar-refractivity contribution in [2.24, 2.45) is 0 Å². The number of pyridine rings is 1. The molecule has 1 aromatic rings. The third-order valence-corrected chi connectivity index (χ3v) is 1.34. The van der Waals surface area contributed by atoms with Crippen molar-refractivity contribution >= 4 is 23.5 Å². The van der Waals surface area contributed by atoms with E-state index in [1.807, 2.05) is 0 Å². The Balaban J connectivity index is 2.69. The van der Waals surface area contributed by atoms with Crippen LogP contribution in [0.2, 0.25) is 5.15 Å². The lowest BCUT2D eigenvalue weighted by Gasteiger charge is -2.01. The molecule has 1 N–H and O–H groups in total. The zero-order valence-corrected chi connectivity index (χ0v) is 7.13. The van der Waals surface area contributed by atoms with E-state index in [-0.39, 0.29) is 0 Å². The SMILES string of the molecule is COC(=O)Nc1cccc(Cl)n1. The summed E-state index contributed by atoms with van der Waals surface area (Å²) in [7, 11) is 1.28. The molecule has 4 nitrogen and oxygen atoms in total. The molecular formula is C7H7ClN2O2. The molecule has 1 rings (SSSR count). The summed E-state index contributed by atoms with van der Waals surface area (Å²) in [6.07, 6.45) is -0.565. The van der Waals surface area contributed by atoms with Gasteiger partial charge >= 0.3 is 6.09 Å². The zero-order valence-electron chi connectivity index (χ0n) is 6.37. The van der Waals surface area contributed by atoms with Crippen LogP contribution in [0.1, 0.15) is 0 Å². The van der Waals surface area contributed by atoms with Crippen LogP contribution in [0.25, 0.3) is 0 Å². The van der Waals surface area contributed by atoms with Crippen molar-refractivity contribution in [3.63, 3.8) is 0 Å². The van der Waals surface area contributed by atoms with Crippen molar-refractivity contribution in [1.29, 1.82) is 0 Å². The highest BCUT2D eigenvalue weighted by molar-refractivity contribution is 6.29. The predicted molar refractivity (Wildman–Crippen MR) is 45.3 cm³/mol. The summed E-state index contributed by atoms with van der Waals surface area (Å²) < 4.78 is 4.36. The summed E-state index contributed by atoms with van der Waals surface area (Å²) in [5, 5.41) is 2.70. The molecule has 1 heterocycles. The molecule has 0 unspecified atom stereocenters. The number of ether oxygens (including phenoxy) is 1. The van der Waals surface area contributed by atoms with E-state index < -0.39 is 6.09 Å². The van der Waals surface area contributed by atoms with Gasteiger partial charge in [0, 0.05) is 0 Å². The maximum Gasteiger partial charge on any atom is 0.412 e. The second-order valence-corrected chi connectivity index (χ2v) is 2.35. The van der Waals surface area contributed by atoms with Crippen molar-refractivity contribution in [2.45, 2.75) is 0 Å². The van der Waals surface area contributed by atoms with Gasteiger partial charge in [0.05, 0.1) is 7.11 Å². The molecule has 0 aliphatic rings. The highest BCUT2D eigenvalue weighted by Crippen LogP contribution is 2.08. The Morgan fingerprint density at radius 2 is 2.42 bits per heavy atom. The fourth-order valence-corrected chi connectivity index (χ4v) is 0.797. The number of nitrogens with one attached hydrogen (secondary N) is 1. The van der Waals surface area contributed by atoms with Gasteiger partial charge in [0.25, 0.3) is 0 Å². The third-order valence-electron chi connectivity index (χ3n) is 1.13. The summed E-state index contributed by atoms with van der Waals surface area (Å²) in [4.78, 5) is 14.5. The minimum Gasteiger partial charge on any atom is -0.453 e. The molecule has 1 amide bonds. The van der Waals surface area contributed by atoms with E-state index >= 15 is 0 Å². The fourth-order valence-electron chi connectivity index (χ4n) is 0.633. The highest BCUT2D eigenvalue weighted by Gasteiger charge is 2.00. The van der Waals surface area contributed by atoms with Gasteiger partial charge in [0.1, 0.15) is 11.0 Å². The molecule has 0 saturated carbocycles. The number of hydrogen-bond donors (Lipinski definition) is 1. The summed E-state index contributed by atoms with van der Waals surface area (Å²) in [5.74, 6) is 0.370. The summed E-state index contributed by atoms with van der Waals surface area (Å²) in [6, 6.07) is 4.91. The van der Waals surface area contributed by atoms with Gasteiger partial charge in [-0.25, -0.2) is 9.78 Å². The zero-order chi connectivity index (χ0) is 8.97. The lowest BCUT2D eigenvalue weighted by atomic mass is 10.5. The van der Waals surface area contributed by atoms with Crippen molar-refractivity contribution in [3.8, 4) is 0 Å². The topological polar surface area (TPSA) is 51.2 Å². The Labute approximate surface area is 74.5 Å². The van der Waals surface area contributed by atoms with Crippen LogP contribution in [0.3, 0.4) is 0 Å². The first-order valence-corrected chi connectivity index (χ1v) is 3.57. The second-order valence-electron chi connectivity index (χ2n) is 1.96. The van der Waals surface area contributed by atoms with E-state index in [1.165, 1.54) is 7.11 Å². The minimum atomic E-state index is -0.565. The number of nitrogens with zero attached hydrogens (tertiary/aromatic N) is 1. The van der Waals surface area contributed by atoms with Gasteiger partial charge in [-0.1, -0.05) is 17.7 Å². The van der Waals surface area contributed by atoms with Gasteiger partial charge in [0.15, 0.2) is 0 Å². The predicted octanol–water partition coefficient (Wildman–Crippen LogP) is 1.91. The van der Waals surface area contributed by atoms with E-state index in [0.29, 0.717) is 11.0 Å². The third kappa shape index (κ3) is 2.39. The molecule has 0 aliphatic carbocycles. The van der Waals surface area contributed by atoms with Crippen LogP contribution in [-0.2, 0) is 4.74 Å². The maximum atomic E-state index is 10.7. The number of aromatic nitrogens is 1. The molecule has 0 aliphatic heterocycles. The minimum absolute atomic E-state index is 0.323. The Morgan fingerprint density at radius 1 is 1.67 bits per heavy atom. The van der Waals surface area contributed by atoms with Crippen molar-refractivity contribution in [1.82, 2.24) is 4.98 Å². The molecule has 0 spiro atoms. The van der Waals surface area contributed by atoms with Crippen LogP contribution >= 0.6 is 11.6 Å². The van der Waals surface area contributed by atoms with Crippen molar-refractivity contribution < 1.29 is 9.53 Å². The maximum absolute atomic E-state index is 10.7. The monoisotopic (exact) mass is 186 g/mol. The normalized spacial score (nSPS) is 9.17. The number of carbonyl (C=O) groups excluding carboxylic acids is 1. The average molecular weight is 187 g/mol. The second kappa shape index (κ2) is 3.92. The first kappa shape index (κ1) is 8.80. The van der Waals surface area contributed by atoms with Crippen LogP contribution in [0.5, 0.6) is 0 Å². The first-order chi connectivity index (χ1) is 5.72. The Kier molecular flexibility index (Phi) is 2.88. The Morgan fingerprint density at radius 3 is 3.00 bits per heavy atom. The van der Waals surface area contributed by atoms with Gasteiger partial charge in [-0.2, -0.15) is 0 Å². The van der Waals surface area contributed by atoms with Crippen molar-refractivity contribution in [2.75, 3.05) is 12.4 Å². The number of rotatable bonds is 1. The summed E-state index contributed by atoms with van der Waals surface area (Å²) in [5.41, 5.74) is 0. The standard InChI is InChI=1S/C7H7ClN2O2/c1-12-7(11)10-6-4-2-3-5(8)9-6/h2-4H,1H3,(H,9,10,11). The molecule has 0 saturated heterocycles. The molecule has 1 aromatic heterocycles. The van der Waals surface area contributed by atoms with E-state index in [9.17, 15) is 4.79 Å². The lowest BCUT2D eigenvalue weighted by Crippen LogP contribution is -2.11. The summed E-state index contributed by atoms with van der Waals surface area (Å²) in [6.45, 7) is 0. The fraction of sp³-hybridized carbons (Fsp3) is 0.143. The van der Waals surface area contributed by atoms with Crippen LogP contribution < -0.4 is 5.32 Å². The largest absolute Gasteiger partial charge is 0.453 e. The smallest absolute Gasteiger partial charge is 0.412 e. The van der Waals surface area contributed by atoms with Gasteiger partial charge in [0.2, 0.25) is 0 Å². The number of amides is 1. The van der Waals surface area contributed by atoms with E-state index in [0.717, 1.165) is 0 Å². The first-order valence-electron chi connectivity index (χ1n) is 3.20. The van der Waals surface area contributed by atoms with E-state index in [2.05, 4.69) is 15.0 Å². The van der Waals surface area contributed by atoms with Gasteiger partial charge in [-0.15, -0.1) is 0 Å². The molecule has 5 heteroatoms. The molecular weight excluding hydrogens is 180 g/mol. The van der Waals surface area contributed by atoms with E-state index in [4.69, 9.17) is 11.6 Å². The molecule has 0 atom stereocenters. The Bertz CT molecular complexity index is 290.